The molecule has 2 heterocycles. The first-order valence-corrected chi connectivity index (χ1v) is 9.14. The van der Waals surface area contributed by atoms with E-state index < -0.39 is 11.9 Å². The number of fused-ring (bicyclic) bond motifs is 2. The summed E-state index contributed by atoms with van der Waals surface area (Å²) in [5, 5.41) is 9.31. The number of hydrogen-bond acceptors (Lipinski definition) is 3. The molecule has 2 aliphatic rings. The SMILES string of the molecule is O=C(O)C1CCCN(C(=O)N2c3ccccc3Sc3ccccc32)C1. The number of amides is 2. The Labute approximate surface area is 150 Å². The Balaban J connectivity index is 1.72. The lowest BCUT2D eigenvalue weighted by molar-refractivity contribution is -0.143. The van der Waals surface area contributed by atoms with Gasteiger partial charge < -0.3 is 10.0 Å². The summed E-state index contributed by atoms with van der Waals surface area (Å²) in [5.74, 6) is -1.31. The van der Waals surface area contributed by atoms with E-state index in [1.54, 1.807) is 21.6 Å². The largest absolute Gasteiger partial charge is 0.481 e. The molecule has 2 aromatic carbocycles. The summed E-state index contributed by atoms with van der Waals surface area (Å²) in [7, 11) is 0. The second-order valence-electron chi connectivity index (χ2n) is 6.28. The van der Waals surface area contributed by atoms with Crippen molar-refractivity contribution in [2.24, 2.45) is 5.92 Å². The topological polar surface area (TPSA) is 60.9 Å². The van der Waals surface area contributed by atoms with E-state index in [-0.39, 0.29) is 12.6 Å². The molecule has 4 rings (SSSR count). The summed E-state index contributed by atoms with van der Waals surface area (Å²) in [4.78, 5) is 30.1. The number of likely N-dealkylation sites (tertiary alicyclic amines) is 1. The number of aliphatic carboxylic acids is 1. The number of nitrogens with zero attached hydrogens (tertiary/aromatic N) is 2. The van der Waals surface area contributed by atoms with E-state index in [2.05, 4.69) is 0 Å². The van der Waals surface area contributed by atoms with Gasteiger partial charge in [-0.3, -0.25) is 9.69 Å². The van der Waals surface area contributed by atoms with Gasteiger partial charge in [0.25, 0.3) is 0 Å². The van der Waals surface area contributed by atoms with Crippen LogP contribution < -0.4 is 4.90 Å². The molecular formula is C19H18N2O3S. The fourth-order valence-electron chi connectivity index (χ4n) is 3.40. The number of carboxylic acid groups (broad SMARTS) is 1. The van der Waals surface area contributed by atoms with E-state index in [1.807, 2.05) is 48.5 Å². The molecule has 6 heteroatoms. The molecule has 1 unspecified atom stereocenters. The number of hydrogen-bond donors (Lipinski definition) is 1. The summed E-state index contributed by atoms with van der Waals surface area (Å²) in [6, 6.07) is 15.5. The zero-order chi connectivity index (χ0) is 17.4. The smallest absolute Gasteiger partial charge is 0.329 e. The van der Waals surface area contributed by atoms with E-state index in [0.717, 1.165) is 21.2 Å². The minimum atomic E-state index is -0.826. The third-order valence-corrected chi connectivity index (χ3v) is 5.79. The minimum absolute atomic E-state index is 0.147. The van der Waals surface area contributed by atoms with Crippen LogP contribution >= 0.6 is 11.8 Å². The zero-order valence-electron chi connectivity index (χ0n) is 13.6. The fraction of sp³-hybridized carbons (Fsp3) is 0.263. The average Bonchev–Trinajstić information content (AvgIpc) is 2.65. The van der Waals surface area contributed by atoms with Gasteiger partial charge in [0.05, 0.1) is 17.3 Å². The van der Waals surface area contributed by atoms with Crippen LogP contribution in [-0.2, 0) is 4.79 Å². The van der Waals surface area contributed by atoms with Crippen molar-refractivity contribution in [2.75, 3.05) is 18.0 Å². The second kappa shape index (κ2) is 6.44. The Kier molecular flexibility index (Phi) is 4.13. The van der Waals surface area contributed by atoms with Crippen LogP contribution in [0.2, 0.25) is 0 Å². The molecule has 1 fully saturated rings. The van der Waals surface area contributed by atoms with Gasteiger partial charge in [0, 0.05) is 22.9 Å². The Morgan fingerprint density at radius 2 is 1.60 bits per heavy atom. The number of carboxylic acids is 1. The third kappa shape index (κ3) is 2.87. The standard InChI is InChI=1S/C19H18N2O3S/c22-18(23)13-6-5-11-20(12-13)19(24)21-14-7-1-3-9-16(14)25-17-10-4-2-8-15(17)21/h1-4,7-10,13H,5-6,11-12H2,(H,22,23). The van der Waals surface area contributed by atoms with Crippen molar-refractivity contribution in [3.05, 3.63) is 48.5 Å². The maximum Gasteiger partial charge on any atom is 0.329 e. The number of rotatable bonds is 1. The van der Waals surface area contributed by atoms with E-state index in [4.69, 9.17) is 0 Å². The summed E-state index contributed by atoms with van der Waals surface area (Å²) >= 11 is 1.65. The van der Waals surface area contributed by atoms with Crippen molar-refractivity contribution in [2.45, 2.75) is 22.6 Å². The van der Waals surface area contributed by atoms with Crippen molar-refractivity contribution >= 4 is 35.1 Å². The predicted molar refractivity (Wildman–Crippen MR) is 96.5 cm³/mol. The van der Waals surface area contributed by atoms with Crippen LogP contribution in [0.15, 0.2) is 58.3 Å². The molecule has 0 aromatic heterocycles. The molecule has 2 aromatic rings. The van der Waals surface area contributed by atoms with E-state index in [9.17, 15) is 14.7 Å². The van der Waals surface area contributed by atoms with Crippen molar-refractivity contribution in [1.29, 1.82) is 0 Å². The maximum absolute atomic E-state index is 13.3. The number of carbonyl (C=O) groups excluding carboxylic acids is 1. The zero-order valence-corrected chi connectivity index (χ0v) is 14.4. The highest BCUT2D eigenvalue weighted by molar-refractivity contribution is 7.99. The molecule has 1 saturated heterocycles. The van der Waals surface area contributed by atoms with Gasteiger partial charge in [0.15, 0.2) is 0 Å². The third-order valence-electron chi connectivity index (χ3n) is 4.66. The van der Waals surface area contributed by atoms with Crippen molar-refractivity contribution in [3.63, 3.8) is 0 Å². The normalized spacial score (nSPS) is 19.1. The molecule has 0 spiro atoms. The average molecular weight is 354 g/mol. The summed E-state index contributed by atoms with van der Waals surface area (Å²) in [5.41, 5.74) is 1.71. The number of urea groups is 1. The van der Waals surface area contributed by atoms with Crippen molar-refractivity contribution in [3.8, 4) is 0 Å². The molecule has 0 radical (unpaired) electrons. The number of anilines is 2. The van der Waals surface area contributed by atoms with E-state index >= 15 is 0 Å². The highest BCUT2D eigenvalue weighted by atomic mass is 32.2. The van der Waals surface area contributed by atoms with Crippen LogP contribution in [-0.4, -0.2) is 35.1 Å². The van der Waals surface area contributed by atoms with Crippen molar-refractivity contribution in [1.82, 2.24) is 4.90 Å². The molecule has 0 aliphatic carbocycles. The predicted octanol–water partition coefficient (Wildman–Crippen LogP) is 4.21. The van der Waals surface area contributed by atoms with Crippen LogP contribution in [0, 0.1) is 5.92 Å². The molecule has 2 amide bonds. The maximum atomic E-state index is 13.3. The van der Waals surface area contributed by atoms with Crippen molar-refractivity contribution < 1.29 is 14.7 Å². The quantitative estimate of drug-likeness (QED) is 0.833. The second-order valence-corrected chi connectivity index (χ2v) is 7.36. The Morgan fingerprint density at radius 1 is 1.00 bits per heavy atom. The molecule has 25 heavy (non-hydrogen) atoms. The molecule has 2 aliphatic heterocycles. The number of benzene rings is 2. The number of piperidine rings is 1. The monoisotopic (exact) mass is 354 g/mol. The molecule has 1 atom stereocenters. The van der Waals surface area contributed by atoms with Gasteiger partial charge in [-0.1, -0.05) is 36.0 Å². The summed E-state index contributed by atoms with van der Waals surface area (Å²) < 4.78 is 0. The first kappa shape index (κ1) is 16.0. The van der Waals surface area contributed by atoms with Gasteiger partial charge in [-0.15, -0.1) is 0 Å². The molecule has 0 bridgehead atoms. The lowest BCUT2D eigenvalue weighted by Crippen LogP contribution is -2.48. The fourth-order valence-corrected chi connectivity index (χ4v) is 4.46. The number of carbonyl (C=O) groups is 2. The van der Waals surface area contributed by atoms with E-state index in [0.29, 0.717) is 19.4 Å². The lowest BCUT2D eigenvalue weighted by Gasteiger charge is -2.38. The number of para-hydroxylation sites is 2. The van der Waals surface area contributed by atoms with Gasteiger partial charge in [0.2, 0.25) is 0 Å². The summed E-state index contributed by atoms with van der Waals surface area (Å²) in [6.07, 6.45) is 1.34. The Bertz CT molecular complexity index is 793. The van der Waals surface area contributed by atoms with Gasteiger partial charge in [-0.2, -0.15) is 0 Å². The van der Waals surface area contributed by atoms with Crippen LogP contribution in [0.3, 0.4) is 0 Å². The molecule has 0 saturated carbocycles. The van der Waals surface area contributed by atoms with Gasteiger partial charge in [0.1, 0.15) is 0 Å². The van der Waals surface area contributed by atoms with Crippen LogP contribution in [0.25, 0.3) is 0 Å². The van der Waals surface area contributed by atoms with Gasteiger partial charge in [-0.05, 0) is 37.1 Å². The molecule has 5 nitrogen and oxygen atoms in total. The first-order valence-electron chi connectivity index (χ1n) is 8.33. The Morgan fingerprint density at radius 3 is 2.20 bits per heavy atom. The van der Waals surface area contributed by atoms with Crippen LogP contribution in [0.5, 0.6) is 0 Å². The minimum Gasteiger partial charge on any atom is -0.481 e. The molecule has 128 valence electrons. The first-order chi connectivity index (χ1) is 12.1. The molecule has 1 N–H and O–H groups in total. The Hall–Kier alpha value is -2.47. The van der Waals surface area contributed by atoms with Crippen LogP contribution in [0.4, 0.5) is 16.2 Å². The lowest BCUT2D eigenvalue weighted by atomic mass is 9.98. The molecular weight excluding hydrogens is 336 g/mol. The highest BCUT2D eigenvalue weighted by Gasteiger charge is 2.34. The van der Waals surface area contributed by atoms with Gasteiger partial charge >= 0.3 is 12.0 Å². The van der Waals surface area contributed by atoms with Gasteiger partial charge in [-0.25, -0.2) is 4.79 Å². The highest BCUT2D eigenvalue weighted by Crippen LogP contribution is 2.48. The summed E-state index contributed by atoms with van der Waals surface area (Å²) in [6.45, 7) is 0.860. The van der Waals surface area contributed by atoms with E-state index in [1.165, 1.54) is 0 Å². The van der Waals surface area contributed by atoms with Crippen LogP contribution in [0.1, 0.15) is 12.8 Å².